The Labute approximate surface area is 142 Å². The summed E-state index contributed by atoms with van der Waals surface area (Å²) in [6.45, 7) is 0. The maximum Gasteiger partial charge on any atom is 0.418 e. The minimum atomic E-state index is -4.70. The number of Topliss-reactive ketones (excluding diaryl/α,β-unsaturated/α-hetero) is 1. The number of anilines is 1. The van der Waals surface area contributed by atoms with E-state index in [9.17, 15) is 27.9 Å². The van der Waals surface area contributed by atoms with Gasteiger partial charge in [0.05, 0.1) is 26.9 Å². The topological polar surface area (TPSA) is 66.4 Å². The molecule has 126 valence electrons. The van der Waals surface area contributed by atoms with Crippen LogP contribution >= 0.6 is 22.9 Å². The molecular formula is C15H9ClF3NO3S. The number of rotatable bonds is 3. The maximum absolute atomic E-state index is 13.0. The zero-order valence-electron chi connectivity index (χ0n) is 11.8. The van der Waals surface area contributed by atoms with Gasteiger partial charge in [-0.15, -0.1) is 11.3 Å². The molecule has 9 heteroatoms. The van der Waals surface area contributed by atoms with Gasteiger partial charge in [-0.1, -0.05) is 23.7 Å². The van der Waals surface area contributed by atoms with Crippen molar-refractivity contribution in [2.24, 2.45) is 0 Å². The van der Waals surface area contributed by atoms with Crippen LogP contribution in [0.4, 0.5) is 18.9 Å². The number of amides is 1. The van der Waals surface area contributed by atoms with Gasteiger partial charge >= 0.3 is 6.18 Å². The molecule has 1 amide bonds. The molecular weight excluding hydrogens is 367 g/mol. The number of thiophene rings is 1. The first kappa shape index (κ1) is 16.9. The molecule has 2 aromatic rings. The van der Waals surface area contributed by atoms with Crippen LogP contribution in [-0.2, 0) is 16.6 Å². The molecule has 4 nitrogen and oxygen atoms in total. The van der Waals surface area contributed by atoms with Crippen molar-refractivity contribution >= 4 is 40.3 Å². The number of carbonyl (C=O) groups excluding carboxylic acids is 2. The van der Waals surface area contributed by atoms with E-state index in [1.807, 2.05) is 5.32 Å². The van der Waals surface area contributed by atoms with Gasteiger partial charge in [0.15, 0.2) is 11.4 Å². The van der Waals surface area contributed by atoms with Crippen LogP contribution in [0, 0.1) is 0 Å². The molecule has 0 bridgehead atoms. The van der Waals surface area contributed by atoms with Crippen LogP contribution in [0.15, 0.2) is 30.3 Å². The lowest BCUT2D eigenvalue weighted by atomic mass is 9.88. The van der Waals surface area contributed by atoms with Gasteiger partial charge in [0.2, 0.25) is 0 Å². The molecule has 0 unspecified atom stereocenters. The standard InChI is InChI=1S/C15H9ClF3NO3S/c16-11-5-4-10(24-11)9(21)6-14(23)7-2-1-3-8(15(17,18)19)12(7)20-13(14)22/h1-5,23H,6H2,(H,20,22)/t14-/m1/s1. The Morgan fingerprint density at radius 2 is 2.00 bits per heavy atom. The molecule has 0 spiro atoms. The lowest BCUT2D eigenvalue weighted by molar-refractivity contribution is -0.137. The van der Waals surface area contributed by atoms with Crippen LogP contribution in [-0.4, -0.2) is 16.8 Å². The Morgan fingerprint density at radius 3 is 2.58 bits per heavy atom. The predicted octanol–water partition coefficient (Wildman–Crippen LogP) is 3.83. The van der Waals surface area contributed by atoms with Crippen molar-refractivity contribution in [1.82, 2.24) is 0 Å². The number of aliphatic hydroxyl groups is 1. The number of hydrogen-bond donors (Lipinski definition) is 2. The number of alkyl halides is 3. The summed E-state index contributed by atoms with van der Waals surface area (Å²) in [6.07, 6.45) is -5.38. The monoisotopic (exact) mass is 375 g/mol. The maximum atomic E-state index is 13.0. The average molecular weight is 376 g/mol. The Morgan fingerprint density at radius 1 is 1.29 bits per heavy atom. The number of benzene rings is 1. The molecule has 24 heavy (non-hydrogen) atoms. The third-order valence-corrected chi connectivity index (χ3v) is 4.97. The fraction of sp³-hybridized carbons (Fsp3) is 0.200. The molecule has 1 aromatic carbocycles. The van der Waals surface area contributed by atoms with E-state index >= 15 is 0 Å². The quantitative estimate of drug-likeness (QED) is 0.801. The highest BCUT2D eigenvalue weighted by molar-refractivity contribution is 7.18. The van der Waals surface area contributed by atoms with Crippen LogP contribution < -0.4 is 5.32 Å². The Bertz CT molecular complexity index is 849. The summed E-state index contributed by atoms with van der Waals surface area (Å²) in [4.78, 5) is 24.6. The number of para-hydroxylation sites is 1. The molecule has 0 saturated carbocycles. The number of carbonyl (C=O) groups is 2. The van der Waals surface area contributed by atoms with E-state index in [1.165, 1.54) is 18.2 Å². The van der Waals surface area contributed by atoms with Crippen molar-refractivity contribution in [2.75, 3.05) is 5.32 Å². The molecule has 1 atom stereocenters. The fourth-order valence-corrected chi connectivity index (χ4v) is 3.55. The normalized spacial score (nSPS) is 20.0. The zero-order chi connectivity index (χ0) is 17.7. The highest BCUT2D eigenvalue weighted by Gasteiger charge is 2.50. The van der Waals surface area contributed by atoms with Crippen LogP contribution in [0.3, 0.4) is 0 Å². The lowest BCUT2D eigenvalue weighted by Gasteiger charge is -2.20. The summed E-state index contributed by atoms with van der Waals surface area (Å²) >= 11 is 6.70. The van der Waals surface area contributed by atoms with E-state index in [-0.39, 0.29) is 10.4 Å². The van der Waals surface area contributed by atoms with E-state index in [0.29, 0.717) is 4.34 Å². The fourth-order valence-electron chi connectivity index (χ4n) is 2.57. The number of hydrogen-bond acceptors (Lipinski definition) is 4. The third kappa shape index (κ3) is 2.70. The number of ketones is 1. The van der Waals surface area contributed by atoms with Crippen molar-refractivity contribution in [3.8, 4) is 0 Å². The second-order valence-corrected chi connectivity index (χ2v) is 6.96. The number of fused-ring (bicyclic) bond motifs is 1. The number of nitrogens with one attached hydrogen (secondary N) is 1. The van der Waals surface area contributed by atoms with Crippen LogP contribution in [0.1, 0.15) is 27.2 Å². The molecule has 2 heterocycles. The molecule has 0 aliphatic carbocycles. The summed E-state index contributed by atoms with van der Waals surface area (Å²) in [7, 11) is 0. The van der Waals surface area contributed by atoms with Gasteiger partial charge in [-0.2, -0.15) is 13.2 Å². The van der Waals surface area contributed by atoms with Crippen LogP contribution in [0.5, 0.6) is 0 Å². The van der Waals surface area contributed by atoms with Crippen molar-refractivity contribution in [3.63, 3.8) is 0 Å². The molecule has 1 aliphatic heterocycles. The molecule has 2 N–H and O–H groups in total. The largest absolute Gasteiger partial charge is 0.418 e. The lowest BCUT2D eigenvalue weighted by Crippen LogP contribution is -2.36. The molecule has 0 fully saturated rings. The van der Waals surface area contributed by atoms with Crippen LogP contribution in [0.2, 0.25) is 4.34 Å². The van der Waals surface area contributed by atoms with Crippen molar-refractivity contribution in [1.29, 1.82) is 0 Å². The van der Waals surface area contributed by atoms with Crippen molar-refractivity contribution in [3.05, 3.63) is 50.7 Å². The van der Waals surface area contributed by atoms with Gasteiger partial charge < -0.3 is 10.4 Å². The predicted molar refractivity (Wildman–Crippen MR) is 82.2 cm³/mol. The summed E-state index contributed by atoms with van der Waals surface area (Å²) in [5, 5.41) is 12.7. The first-order valence-corrected chi connectivity index (χ1v) is 7.85. The van der Waals surface area contributed by atoms with E-state index < -0.39 is 41.1 Å². The van der Waals surface area contributed by atoms with Gasteiger partial charge in [-0.3, -0.25) is 9.59 Å². The summed E-state index contributed by atoms with van der Waals surface area (Å²) < 4.78 is 39.5. The molecule has 0 saturated heterocycles. The minimum absolute atomic E-state index is 0.210. The van der Waals surface area contributed by atoms with Gasteiger partial charge in [-0.25, -0.2) is 0 Å². The zero-order valence-corrected chi connectivity index (χ0v) is 13.4. The first-order valence-electron chi connectivity index (χ1n) is 6.66. The van der Waals surface area contributed by atoms with E-state index in [2.05, 4.69) is 0 Å². The minimum Gasteiger partial charge on any atom is -0.375 e. The summed E-state index contributed by atoms with van der Waals surface area (Å²) in [5.74, 6) is -1.65. The van der Waals surface area contributed by atoms with Gasteiger partial charge in [0, 0.05) is 5.56 Å². The highest BCUT2D eigenvalue weighted by Crippen LogP contribution is 2.45. The highest BCUT2D eigenvalue weighted by atomic mass is 35.5. The number of halogens is 4. The van der Waals surface area contributed by atoms with Crippen LogP contribution in [0.25, 0.3) is 0 Å². The average Bonchev–Trinajstić information content (AvgIpc) is 3.01. The Hall–Kier alpha value is -1.90. The van der Waals surface area contributed by atoms with Gasteiger partial charge in [0.1, 0.15) is 0 Å². The smallest absolute Gasteiger partial charge is 0.375 e. The first-order chi connectivity index (χ1) is 11.1. The van der Waals surface area contributed by atoms with E-state index in [4.69, 9.17) is 11.6 Å². The van der Waals surface area contributed by atoms with Gasteiger partial charge in [-0.05, 0) is 18.2 Å². The molecule has 1 aliphatic rings. The van der Waals surface area contributed by atoms with E-state index in [0.717, 1.165) is 23.5 Å². The SMILES string of the molecule is O=C(C[C@]1(O)C(=O)Nc2c(C(F)(F)F)cccc21)c1ccc(Cl)s1. The van der Waals surface area contributed by atoms with Gasteiger partial charge in [0.25, 0.3) is 5.91 Å². The second kappa shape index (κ2) is 5.58. The summed E-state index contributed by atoms with van der Waals surface area (Å²) in [5.41, 5.74) is -4.21. The Kier molecular flexibility index (Phi) is 3.94. The summed E-state index contributed by atoms with van der Waals surface area (Å²) in [6, 6.07) is 5.98. The molecule has 0 radical (unpaired) electrons. The Balaban J connectivity index is 2.01. The van der Waals surface area contributed by atoms with E-state index in [1.54, 1.807) is 0 Å². The van der Waals surface area contributed by atoms with Crippen molar-refractivity contribution in [2.45, 2.75) is 18.2 Å². The second-order valence-electron chi connectivity index (χ2n) is 5.24. The third-order valence-electron chi connectivity index (χ3n) is 3.69. The van der Waals surface area contributed by atoms with Crippen molar-refractivity contribution < 1.29 is 27.9 Å². The molecule has 3 rings (SSSR count). The molecule has 1 aromatic heterocycles.